The fourth-order valence-corrected chi connectivity index (χ4v) is 2.51. The molecule has 0 unspecified atom stereocenters. The summed E-state index contributed by atoms with van der Waals surface area (Å²) in [6.45, 7) is 9.59. The molecule has 2 aromatic rings. The molecule has 1 aromatic carbocycles. The van der Waals surface area contributed by atoms with E-state index < -0.39 is 5.60 Å². The summed E-state index contributed by atoms with van der Waals surface area (Å²) in [6.07, 6.45) is 1.31. The molecule has 0 aliphatic carbocycles. The van der Waals surface area contributed by atoms with Crippen molar-refractivity contribution in [2.45, 2.75) is 39.8 Å². The van der Waals surface area contributed by atoms with Gasteiger partial charge in [0.05, 0.1) is 12.2 Å². The van der Waals surface area contributed by atoms with Gasteiger partial charge in [-0.05, 0) is 39.8 Å². The van der Waals surface area contributed by atoms with E-state index in [4.69, 9.17) is 9.15 Å². The summed E-state index contributed by atoms with van der Waals surface area (Å²) in [5.41, 5.74) is 1.20. The maximum atomic E-state index is 12.2. The predicted molar refractivity (Wildman–Crippen MR) is 129 cm³/mol. The van der Waals surface area contributed by atoms with Crippen LogP contribution in [0.4, 0.5) is 4.79 Å². The molecule has 0 fully saturated rings. The molecule has 0 saturated carbocycles. The molecule has 8 nitrogen and oxygen atoms in total. The Labute approximate surface area is 195 Å². The number of aromatic nitrogens is 1. The zero-order valence-corrected chi connectivity index (χ0v) is 20.6. The molecular formula is C21H32IN5O3. The number of amides is 1. The monoisotopic (exact) mass is 529 g/mol. The normalized spacial score (nSPS) is 11.4. The minimum atomic E-state index is -0.508. The number of likely N-dealkylation sites (N-methyl/N-ethyl adjacent to an activating group) is 1. The maximum Gasteiger partial charge on any atom is 0.410 e. The van der Waals surface area contributed by atoms with Gasteiger partial charge in [-0.2, -0.15) is 0 Å². The summed E-state index contributed by atoms with van der Waals surface area (Å²) in [5, 5.41) is 6.38. The zero-order valence-electron chi connectivity index (χ0n) is 18.3. The van der Waals surface area contributed by atoms with Crippen molar-refractivity contribution < 1.29 is 13.9 Å². The third-order valence-electron chi connectivity index (χ3n) is 3.94. The lowest BCUT2D eigenvalue weighted by molar-refractivity contribution is 0.0264. The van der Waals surface area contributed by atoms with Crippen LogP contribution in [0.3, 0.4) is 0 Å². The summed E-state index contributed by atoms with van der Waals surface area (Å²) in [5.74, 6) is 1.20. The number of carbonyl (C=O) groups is 1. The second-order valence-electron chi connectivity index (χ2n) is 7.42. The minimum Gasteiger partial charge on any atom is -0.444 e. The lowest BCUT2D eigenvalue weighted by atomic mass is 10.2. The first kappa shape index (κ1) is 25.7. The smallest absolute Gasteiger partial charge is 0.410 e. The highest BCUT2D eigenvalue weighted by molar-refractivity contribution is 14.0. The largest absolute Gasteiger partial charge is 0.444 e. The molecule has 0 atom stereocenters. The number of carbonyl (C=O) groups excluding carboxylic acids is 1. The zero-order chi connectivity index (χ0) is 21.3. The molecule has 2 rings (SSSR count). The predicted octanol–water partition coefficient (Wildman–Crippen LogP) is 3.88. The number of benzene rings is 1. The molecule has 0 bridgehead atoms. The van der Waals surface area contributed by atoms with E-state index in [1.54, 1.807) is 18.2 Å². The van der Waals surface area contributed by atoms with Crippen molar-refractivity contribution in [3.63, 3.8) is 0 Å². The van der Waals surface area contributed by atoms with Gasteiger partial charge >= 0.3 is 6.09 Å². The molecule has 1 aromatic heterocycles. The minimum absolute atomic E-state index is 0. The van der Waals surface area contributed by atoms with Crippen LogP contribution in [0.5, 0.6) is 0 Å². The van der Waals surface area contributed by atoms with E-state index >= 15 is 0 Å². The summed E-state index contributed by atoms with van der Waals surface area (Å²) in [6, 6.07) is 9.74. The molecule has 1 heterocycles. The van der Waals surface area contributed by atoms with E-state index in [9.17, 15) is 4.79 Å². The van der Waals surface area contributed by atoms with Crippen molar-refractivity contribution in [1.82, 2.24) is 20.5 Å². The van der Waals surface area contributed by atoms with Crippen LogP contribution in [-0.2, 0) is 11.3 Å². The average Bonchev–Trinajstić information content (AvgIpc) is 3.16. The van der Waals surface area contributed by atoms with Crippen LogP contribution in [0, 0.1) is 0 Å². The SMILES string of the molecule is CCN(CCNC(=NC)NCc1coc(-c2ccccc2)n1)C(=O)OC(C)(C)C.I. The Bertz CT molecular complexity index is 802. The molecule has 9 heteroatoms. The number of oxazole rings is 1. The van der Waals surface area contributed by atoms with Crippen molar-refractivity contribution in [2.24, 2.45) is 4.99 Å². The van der Waals surface area contributed by atoms with Crippen LogP contribution in [0.25, 0.3) is 11.5 Å². The van der Waals surface area contributed by atoms with Gasteiger partial charge in [-0.25, -0.2) is 9.78 Å². The number of halogens is 1. The van der Waals surface area contributed by atoms with E-state index in [0.29, 0.717) is 38.0 Å². The van der Waals surface area contributed by atoms with E-state index in [-0.39, 0.29) is 30.1 Å². The summed E-state index contributed by atoms with van der Waals surface area (Å²) < 4.78 is 11.0. The van der Waals surface area contributed by atoms with Crippen LogP contribution in [0.15, 0.2) is 46.0 Å². The molecule has 166 valence electrons. The number of nitrogens with zero attached hydrogens (tertiary/aromatic N) is 3. The third-order valence-corrected chi connectivity index (χ3v) is 3.94. The van der Waals surface area contributed by atoms with Gasteiger partial charge in [-0.3, -0.25) is 4.99 Å². The highest BCUT2D eigenvalue weighted by Crippen LogP contribution is 2.17. The molecule has 0 aliphatic rings. The second kappa shape index (κ2) is 12.4. The molecular weight excluding hydrogens is 497 g/mol. The first-order valence-corrected chi connectivity index (χ1v) is 9.74. The molecule has 0 saturated heterocycles. The average molecular weight is 529 g/mol. The van der Waals surface area contributed by atoms with Gasteiger partial charge in [0, 0.05) is 32.2 Å². The quantitative estimate of drug-likeness (QED) is 0.322. The number of rotatable bonds is 7. The van der Waals surface area contributed by atoms with Crippen molar-refractivity contribution in [3.8, 4) is 11.5 Å². The molecule has 1 amide bonds. The Morgan fingerprint density at radius 1 is 1.23 bits per heavy atom. The number of ether oxygens (including phenoxy) is 1. The Balaban J connectivity index is 0.00000450. The molecule has 30 heavy (non-hydrogen) atoms. The van der Waals surface area contributed by atoms with Gasteiger partial charge in [0.25, 0.3) is 0 Å². The molecule has 0 radical (unpaired) electrons. The van der Waals surface area contributed by atoms with Crippen molar-refractivity contribution in [3.05, 3.63) is 42.3 Å². The van der Waals surface area contributed by atoms with Gasteiger partial charge in [-0.15, -0.1) is 24.0 Å². The van der Waals surface area contributed by atoms with Crippen molar-refractivity contribution >= 4 is 36.0 Å². The Morgan fingerprint density at radius 3 is 2.53 bits per heavy atom. The summed E-state index contributed by atoms with van der Waals surface area (Å²) in [4.78, 5) is 22.5. The van der Waals surface area contributed by atoms with Crippen LogP contribution in [0.1, 0.15) is 33.4 Å². The van der Waals surface area contributed by atoms with Crippen molar-refractivity contribution in [1.29, 1.82) is 0 Å². The van der Waals surface area contributed by atoms with Gasteiger partial charge in [0.1, 0.15) is 11.9 Å². The lowest BCUT2D eigenvalue weighted by Crippen LogP contribution is -2.44. The summed E-state index contributed by atoms with van der Waals surface area (Å²) >= 11 is 0. The topological polar surface area (TPSA) is 92.0 Å². The Morgan fingerprint density at radius 2 is 1.93 bits per heavy atom. The first-order chi connectivity index (χ1) is 13.8. The molecule has 2 N–H and O–H groups in total. The van der Waals surface area contributed by atoms with E-state index in [0.717, 1.165) is 11.3 Å². The highest BCUT2D eigenvalue weighted by atomic mass is 127. The van der Waals surface area contributed by atoms with Crippen molar-refractivity contribution in [2.75, 3.05) is 26.7 Å². The fraction of sp³-hybridized carbons (Fsp3) is 0.476. The highest BCUT2D eigenvalue weighted by Gasteiger charge is 2.20. The number of guanidine groups is 1. The standard InChI is InChI=1S/C21H31N5O3.HI/c1-6-26(20(27)29-21(2,3)4)13-12-23-19(22-5)24-14-17-15-28-18(25-17)16-10-8-7-9-11-16;/h7-11,15H,6,12-14H2,1-5H3,(H2,22,23,24);1H. The van der Waals surface area contributed by atoms with E-state index in [1.807, 2.05) is 58.0 Å². The van der Waals surface area contributed by atoms with E-state index in [1.165, 1.54) is 0 Å². The fourth-order valence-electron chi connectivity index (χ4n) is 2.51. The first-order valence-electron chi connectivity index (χ1n) is 9.74. The van der Waals surface area contributed by atoms with E-state index in [2.05, 4.69) is 20.6 Å². The molecule has 0 aliphatic heterocycles. The molecule has 0 spiro atoms. The van der Waals surface area contributed by atoms with Gasteiger partial charge < -0.3 is 24.7 Å². The Hall–Kier alpha value is -2.30. The Kier molecular flexibility index (Phi) is 10.6. The number of nitrogens with one attached hydrogen (secondary N) is 2. The second-order valence-corrected chi connectivity index (χ2v) is 7.42. The van der Waals surface area contributed by atoms with Crippen LogP contribution < -0.4 is 10.6 Å². The van der Waals surface area contributed by atoms with Gasteiger partial charge in [-0.1, -0.05) is 18.2 Å². The van der Waals surface area contributed by atoms with Gasteiger partial charge in [0.15, 0.2) is 5.96 Å². The van der Waals surface area contributed by atoms with Gasteiger partial charge in [0.2, 0.25) is 5.89 Å². The lowest BCUT2D eigenvalue weighted by Gasteiger charge is -2.26. The van der Waals surface area contributed by atoms with Crippen LogP contribution >= 0.6 is 24.0 Å². The third kappa shape index (κ3) is 8.60. The number of hydrogen-bond acceptors (Lipinski definition) is 5. The summed E-state index contributed by atoms with van der Waals surface area (Å²) in [7, 11) is 1.69. The van der Waals surface area contributed by atoms with Crippen LogP contribution in [-0.4, -0.2) is 54.2 Å². The maximum absolute atomic E-state index is 12.2. The number of hydrogen-bond donors (Lipinski definition) is 2. The van der Waals surface area contributed by atoms with Crippen LogP contribution in [0.2, 0.25) is 0 Å². The number of aliphatic imine (C=N–C) groups is 1.